The molecule has 1 aliphatic rings. The number of carbonyl (C=O) groups is 3. The minimum atomic E-state index is -0.805. The average Bonchev–Trinajstić information content (AvgIpc) is 2.46. The van der Waals surface area contributed by atoms with Crippen LogP contribution in [0, 0.1) is 0 Å². The zero-order valence-corrected chi connectivity index (χ0v) is 10.8. The van der Waals surface area contributed by atoms with Crippen molar-refractivity contribution in [3.05, 3.63) is 58.1 Å². The van der Waals surface area contributed by atoms with Crippen LogP contribution in [0.4, 0.5) is 11.4 Å². The van der Waals surface area contributed by atoms with Gasteiger partial charge in [-0.1, -0.05) is 24.3 Å². The van der Waals surface area contributed by atoms with Crippen molar-refractivity contribution in [1.29, 1.82) is 0 Å². The number of amides is 1. The van der Waals surface area contributed by atoms with Crippen LogP contribution in [0.15, 0.2) is 30.3 Å². The van der Waals surface area contributed by atoms with Gasteiger partial charge >= 0.3 is 0 Å². The van der Waals surface area contributed by atoms with E-state index >= 15 is 0 Å². The molecule has 0 saturated heterocycles. The number of benzene rings is 2. The second kappa shape index (κ2) is 4.17. The Morgan fingerprint density at radius 1 is 0.905 bits per heavy atom. The highest BCUT2D eigenvalue weighted by molar-refractivity contribution is 6.32. The van der Waals surface area contributed by atoms with Crippen molar-refractivity contribution in [2.45, 2.75) is 0 Å². The first-order valence-corrected chi connectivity index (χ1v) is 6.13. The summed E-state index contributed by atoms with van der Waals surface area (Å²) in [4.78, 5) is 36.4. The van der Waals surface area contributed by atoms with Gasteiger partial charge in [-0.25, -0.2) is 0 Å². The minimum Gasteiger partial charge on any atom is -0.398 e. The van der Waals surface area contributed by atoms with Gasteiger partial charge in [-0.05, 0) is 6.07 Å². The largest absolute Gasteiger partial charge is 0.398 e. The number of fused-ring (bicyclic) bond motifs is 2. The summed E-state index contributed by atoms with van der Waals surface area (Å²) in [5.74, 6) is -1.63. The molecule has 2 aromatic rings. The van der Waals surface area contributed by atoms with Crippen molar-refractivity contribution in [1.82, 2.24) is 0 Å². The van der Waals surface area contributed by atoms with Crippen LogP contribution in [0.25, 0.3) is 0 Å². The van der Waals surface area contributed by atoms with Crippen LogP contribution in [0.1, 0.15) is 42.2 Å². The Balaban J connectivity index is 2.41. The predicted molar refractivity (Wildman–Crippen MR) is 77.1 cm³/mol. The summed E-state index contributed by atoms with van der Waals surface area (Å²) in [5.41, 5.74) is 17.2. The summed E-state index contributed by atoms with van der Waals surface area (Å²) < 4.78 is 0. The lowest BCUT2D eigenvalue weighted by Gasteiger charge is -2.21. The molecule has 1 aliphatic carbocycles. The Hall–Kier alpha value is -3.15. The summed E-state index contributed by atoms with van der Waals surface area (Å²) in [6, 6.07) is 7.62. The highest BCUT2D eigenvalue weighted by Crippen LogP contribution is 2.36. The quantitative estimate of drug-likeness (QED) is 0.566. The fraction of sp³-hybridized carbons (Fsp3) is 0. The van der Waals surface area contributed by atoms with Crippen LogP contribution in [0.5, 0.6) is 0 Å². The van der Waals surface area contributed by atoms with Gasteiger partial charge in [-0.3, -0.25) is 14.4 Å². The van der Waals surface area contributed by atoms with E-state index in [1.807, 2.05) is 0 Å². The van der Waals surface area contributed by atoms with Crippen molar-refractivity contribution in [2.75, 3.05) is 11.5 Å². The molecule has 0 spiro atoms. The first-order valence-electron chi connectivity index (χ1n) is 6.13. The molecule has 0 radical (unpaired) electrons. The van der Waals surface area contributed by atoms with Crippen molar-refractivity contribution < 1.29 is 14.4 Å². The Labute approximate surface area is 119 Å². The van der Waals surface area contributed by atoms with Crippen LogP contribution in [-0.2, 0) is 0 Å². The summed E-state index contributed by atoms with van der Waals surface area (Å²) in [6.07, 6.45) is 0. The molecule has 0 aromatic heterocycles. The smallest absolute Gasteiger partial charge is 0.250 e. The Morgan fingerprint density at radius 2 is 1.43 bits per heavy atom. The molecule has 21 heavy (non-hydrogen) atoms. The first-order chi connectivity index (χ1) is 9.93. The van der Waals surface area contributed by atoms with Gasteiger partial charge in [0, 0.05) is 16.8 Å². The zero-order chi connectivity index (χ0) is 15.3. The molecule has 0 bridgehead atoms. The van der Waals surface area contributed by atoms with Gasteiger partial charge in [0.2, 0.25) is 0 Å². The Bertz CT molecular complexity index is 840. The molecule has 0 heterocycles. The number of primary amides is 1. The van der Waals surface area contributed by atoms with Crippen LogP contribution in [0.3, 0.4) is 0 Å². The highest BCUT2D eigenvalue weighted by Gasteiger charge is 2.34. The molecule has 0 atom stereocenters. The van der Waals surface area contributed by atoms with Crippen LogP contribution in [0.2, 0.25) is 0 Å². The number of rotatable bonds is 1. The van der Waals surface area contributed by atoms with Gasteiger partial charge < -0.3 is 17.2 Å². The molecule has 6 N–H and O–H groups in total. The van der Waals surface area contributed by atoms with Gasteiger partial charge in [-0.2, -0.15) is 0 Å². The number of nitrogen functional groups attached to an aromatic ring is 2. The van der Waals surface area contributed by atoms with Gasteiger partial charge in [0.15, 0.2) is 11.6 Å². The third-order valence-corrected chi connectivity index (χ3v) is 3.53. The molecule has 104 valence electrons. The summed E-state index contributed by atoms with van der Waals surface area (Å²) in [5, 5.41) is 0. The van der Waals surface area contributed by atoms with E-state index in [2.05, 4.69) is 0 Å². The van der Waals surface area contributed by atoms with E-state index in [1.54, 1.807) is 18.2 Å². The van der Waals surface area contributed by atoms with Crippen molar-refractivity contribution in [3.63, 3.8) is 0 Å². The number of ketones is 2. The van der Waals surface area contributed by atoms with Gasteiger partial charge in [0.05, 0.1) is 22.4 Å². The highest BCUT2D eigenvalue weighted by atomic mass is 16.1. The maximum atomic E-state index is 12.6. The number of carbonyl (C=O) groups excluding carboxylic acids is 3. The zero-order valence-electron chi connectivity index (χ0n) is 10.8. The second-order valence-corrected chi connectivity index (χ2v) is 4.75. The van der Waals surface area contributed by atoms with Crippen molar-refractivity contribution in [3.8, 4) is 0 Å². The lowest BCUT2D eigenvalue weighted by molar-refractivity contribution is 0.0978. The summed E-state index contributed by atoms with van der Waals surface area (Å²) >= 11 is 0. The minimum absolute atomic E-state index is 0.0147. The third-order valence-electron chi connectivity index (χ3n) is 3.53. The molecule has 3 rings (SSSR count). The summed E-state index contributed by atoms with van der Waals surface area (Å²) in [7, 11) is 0. The van der Waals surface area contributed by atoms with Crippen LogP contribution >= 0.6 is 0 Å². The fourth-order valence-electron chi connectivity index (χ4n) is 2.55. The van der Waals surface area contributed by atoms with Gasteiger partial charge in [-0.15, -0.1) is 0 Å². The van der Waals surface area contributed by atoms with E-state index in [0.29, 0.717) is 0 Å². The molecule has 0 saturated carbocycles. The number of anilines is 2. The average molecular weight is 281 g/mol. The predicted octanol–water partition coefficient (Wildman–Crippen LogP) is 0.725. The maximum Gasteiger partial charge on any atom is 0.250 e. The molecular weight excluding hydrogens is 270 g/mol. The molecule has 1 amide bonds. The topological polar surface area (TPSA) is 129 Å². The van der Waals surface area contributed by atoms with E-state index in [0.717, 1.165) is 0 Å². The number of hydrogen-bond acceptors (Lipinski definition) is 5. The van der Waals surface area contributed by atoms with Crippen molar-refractivity contribution >= 4 is 28.8 Å². The van der Waals surface area contributed by atoms with Crippen LogP contribution in [-0.4, -0.2) is 17.5 Å². The summed E-state index contributed by atoms with van der Waals surface area (Å²) in [6.45, 7) is 0. The van der Waals surface area contributed by atoms with E-state index in [9.17, 15) is 14.4 Å². The first kappa shape index (κ1) is 12.9. The number of nitrogens with two attached hydrogens (primary N) is 3. The Morgan fingerprint density at radius 3 is 1.95 bits per heavy atom. The molecule has 6 heteroatoms. The van der Waals surface area contributed by atoms with Gasteiger partial charge in [0.1, 0.15) is 0 Å². The monoisotopic (exact) mass is 281 g/mol. The third kappa shape index (κ3) is 1.62. The van der Waals surface area contributed by atoms with E-state index < -0.39 is 11.7 Å². The SMILES string of the molecule is NC(=O)c1cc(N)c2c(c1N)C(=O)c1ccccc1C2=O. The molecular formula is C15H11N3O3. The molecule has 0 aliphatic heterocycles. The van der Waals surface area contributed by atoms with E-state index in [-0.39, 0.29) is 45.0 Å². The molecule has 0 fully saturated rings. The number of hydrogen-bond donors (Lipinski definition) is 3. The van der Waals surface area contributed by atoms with Crippen LogP contribution < -0.4 is 17.2 Å². The maximum absolute atomic E-state index is 12.6. The Kier molecular flexibility index (Phi) is 2.56. The van der Waals surface area contributed by atoms with E-state index in [4.69, 9.17) is 17.2 Å². The van der Waals surface area contributed by atoms with Crippen molar-refractivity contribution in [2.24, 2.45) is 5.73 Å². The standard InChI is InChI=1S/C15H11N3O3/c16-9-5-8(15(18)21)12(17)11-10(9)13(19)6-3-1-2-4-7(6)14(11)20/h1-5H,16-17H2,(H2,18,21). The van der Waals surface area contributed by atoms with Gasteiger partial charge in [0.25, 0.3) is 5.91 Å². The fourth-order valence-corrected chi connectivity index (χ4v) is 2.55. The lowest BCUT2D eigenvalue weighted by atomic mass is 9.81. The van der Waals surface area contributed by atoms with E-state index in [1.165, 1.54) is 12.1 Å². The normalized spacial score (nSPS) is 12.8. The molecule has 0 unspecified atom stereocenters. The second-order valence-electron chi connectivity index (χ2n) is 4.75. The molecule has 2 aromatic carbocycles. The molecule has 6 nitrogen and oxygen atoms in total. The lowest BCUT2D eigenvalue weighted by Crippen LogP contribution is -2.26.